The highest BCUT2D eigenvalue weighted by Crippen LogP contribution is 2.22. The first-order chi connectivity index (χ1) is 16.8. The number of nitrogens with one attached hydrogen (secondary N) is 1. The Morgan fingerprint density at radius 1 is 1.03 bits per heavy atom. The van der Waals surface area contributed by atoms with Gasteiger partial charge in [0, 0.05) is 11.4 Å². The second kappa shape index (κ2) is 10.5. The molecule has 0 spiro atoms. The number of hydrogen-bond acceptors (Lipinski definition) is 5. The molecule has 8 heteroatoms. The van der Waals surface area contributed by atoms with Crippen molar-refractivity contribution in [1.29, 1.82) is 0 Å². The van der Waals surface area contributed by atoms with E-state index in [2.05, 4.69) is 39.8 Å². The van der Waals surface area contributed by atoms with Crippen molar-refractivity contribution in [2.75, 3.05) is 12.8 Å². The van der Waals surface area contributed by atoms with Crippen LogP contribution in [0, 0.1) is 20.8 Å². The van der Waals surface area contributed by atoms with Crippen LogP contribution in [-0.2, 0) is 11.2 Å². The molecule has 0 bridgehead atoms. The fraction of sp³-hybridized carbons (Fsp3) is 0.333. The van der Waals surface area contributed by atoms with E-state index in [0.29, 0.717) is 24.2 Å². The Labute approximate surface area is 209 Å². The summed E-state index contributed by atoms with van der Waals surface area (Å²) in [6.45, 7) is 8.19. The first-order valence-electron chi connectivity index (χ1n) is 11.8. The van der Waals surface area contributed by atoms with Crippen LogP contribution >= 0.6 is 11.8 Å². The molecule has 0 aliphatic heterocycles. The Bertz CT molecular complexity index is 1410. The Morgan fingerprint density at radius 2 is 1.71 bits per heavy atom. The molecule has 1 amide bonds. The number of benzene rings is 2. The van der Waals surface area contributed by atoms with Crippen LogP contribution in [0.3, 0.4) is 0 Å². The van der Waals surface area contributed by atoms with E-state index in [1.165, 1.54) is 9.58 Å². The van der Waals surface area contributed by atoms with E-state index >= 15 is 0 Å². The van der Waals surface area contributed by atoms with E-state index in [9.17, 15) is 9.59 Å². The molecule has 0 saturated carbocycles. The fourth-order valence-corrected chi connectivity index (χ4v) is 4.72. The minimum atomic E-state index is -0.700. The molecule has 4 aromatic rings. The van der Waals surface area contributed by atoms with Crippen LogP contribution in [-0.4, -0.2) is 38.3 Å². The van der Waals surface area contributed by atoms with Crippen LogP contribution in [0.25, 0.3) is 16.6 Å². The highest BCUT2D eigenvalue weighted by molar-refractivity contribution is 7.98. The van der Waals surface area contributed by atoms with Gasteiger partial charge in [0.1, 0.15) is 6.04 Å². The lowest BCUT2D eigenvalue weighted by molar-refractivity contribution is -0.124. The maximum atomic E-state index is 13.4. The third-order valence-corrected chi connectivity index (χ3v) is 7.03. The summed E-state index contributed by atoms with van der Waals surface area (Å²) in [4.78, 5) is 27.7. The Balaban J connectivity index is 1.59. The summed E-state index contributed by atoms with van der Waals surface area (Å²) in [7, 11) is 0. The maximum absolute atomic E-state index is 13.4. The minimum Gasteiger partial charge on any atom is -0.354 e. The normalized spacial score (nSPS) is 12.1. The van der Waals surface area contributed by atoms with Gasteiger partial charge in [-0.05, 0) is 69.7 Å². The van der Waals surface area contributed by atoms with Crippen molar-refractivity contribution in [3.8, 4) is 5.69 Å². The fourth-order valence-electron chi connectivity index (χ4n) is 4.31. The highest BCUT2D eigenvalue weighted by atomic mass is 32.2. The second-order valence-electron chi connectivity index (χ2n) is 8.70. The standard InChI is InChI=1S/C27H31N5O2S/c1-6-23(26(33)28-16-15-20-9-13-22(35-5)14-10-20)32-27(34)25-24(18(3)29-32)19(4)31(30-25)21-11-7-17(2)8-12-21/h7-14,23H,6,15-16H2,1-5H3,(H,28,33)/t23-/m1/s1. The van der Waals surface area contributed by atoms with Crippen LogP contribution in [0.2, 0.25) is 0 Å². The molecule has 0 saturated heterocycles. The number of rotatable bonds is 8. The van der Waals surface area contributed by atoms with Crippen LogP contribution in [0.1, 0.15) is 41.9 Å². The molecule has 35 heavy (non-hydrogen) atoms. The molecule has 7 nitrogen and oxygen atoms in total. The molecule has 1 N–H and O–H groups in total. The van der Waals surface area contributed by atoms with Gasteiger partial charge in [0.2, 0.25) is 5.91 Å². The van der Waals surface area contributed by atoms with Crippen molar-refractivity contribution in [1.82, 2.24) is 24.9 Å². The quantitative estimate of drug-likeness (QED) is 0.368. The molecule has 4 rings (SSSR count). The maximum Gasteiger partial charge on any atom is 0.295 e. The molecule has 0 aliphatic rings. The summed E-state index contributed by atoms with van der Waals surface area (Å²) >= 11 is 1.70. The smallest absolute Gasteiger partial charge is 0.295 e. The van der Waals surface area contributed by atoms with Crippen molar-refractivity contribution in [2.24, 2.45) is 0 Å². The molecule has 0 radical (unpaired) electrons. The largest absolute Gasteiger partial charge is 0.354 e. The van der Waals surface area contributed by atoms with Gasteiger partial charge in [-0.3, -0.25) is 9.59 Å². The van der Waals surface area contributed by atoms with E-state index in [1.807, 2.05) is 58.2 Å². The number of carbonyl (C=O) groups excluding carboxylic acids is 1. The molecule has 1 atom stereocenters. The number of nitrogens with zero attached hydrogens (tertiary/aromatic N) is 4. The number of hydrogen-bond donors (Lipinski definition) is 1. The summed E-state index contributed by atoms with van der Waals surface area (Å²) in [6.07, 6.45) is 3.21. The lowest BCUT2D eigenvalue weighted by Crippen LogP contribution is -2.39. The monoisotopic (exact) mass is 489 g/mol. The zero-order chi connectivity index (χ0) is 25.1. The molecule has 0 fully saturated rings. The lowest BCUT2D eigenvalue weighted by Gasteiger charge is -2.17. The van der Waals surface area contributed by atoms with Crippen LogP contribution in [0.5, 0.6) is 0 Å². The summed E-state index contributed by atoms with van der Waals surface area (Å²) < 4.78 is 3.07. The molecule has 0 unspecified atom stereocenters. The van der Waals surface area contributed by atoms with Gasteiger partial charge >= 0.3 is 0 Å². The zero-order valence-electron chi connectivity index (χ0n) is 20.8. The van der Waals surface area contributed by atoms with Gasteiger partial charge in [0.15, 0.2) is 5.52 Å². The van der Waals surface area contributed by atoms with Gasteiger partial charge in [0.05, 0.1) is 22.5 Å². The van der Waals surface area contributed by atoms with Gasteiger partial charge in [-0.1, -0.05) is 36.8 Å². The predicted octanol–water partition coefficient (Wildman–Crippen LogP) is 4.54. The summed E-state index contributed by atoms with van der Waals surface area (Å²) in [5.41, 5.74) is 4.69. The summed E-state index contributed by atoms with van der Waals surface area (Å²) in [5, 5.41) is 12.9. The molecule has 182 valence electrons. The average Bonchev–Trinajstić information content (AvgIpc) is 3.21. The number of aromatic nitrogens is 4. The second-order valence-corrected chi connectivity index (χ2v) is 9.58. The van der Waals surface area contributed by atoms with E-state index in [0.717, 1.165) is 34.3 Å². The van der Waals surface area contributed by atoms with E-state index in [-0.39, 0.29) is 11.5 Å². The molecule has 2 heterocycles. The van der Waals surface area contributed by atoms with Gasteiger partial charge in [0.25, 0.3) is 5.56 Å². The topological polar surface area (TPSA) is 81.8 Å². The SMILES string of the molecule is CC[C@H](C(=O)NCCc1ccc(SC)cc1)n1nc(C)c2c(C)n(-c3ccc(C)cc3)nc2c1=O. The third kappa shape index (κ3) is 5.03. The number of fused-ring (bicyclic) bond motifs is 1. The first-order valence-corrected chi connectivity index (χ1v) is 13.0. The van der Waals surface area contributed by atoms with Crippen molar-refractivity contribution in [2.45, 2.75) is 51.5 Å². The van der Waals surface area contributed by atoms with Gasteiger partial charge in [-0.2, -0.15) is 10.2 Å². The van der Waals surface area contributed by atoms with E-state index in [1.54, 1.807) is 16.4 Å². The van der Waals surface area contributed by atoms with Crippen molar-refractivity contribution in [3.63, 3.8) is 0 Å². The van der Waals surface area contributed by atoms with Gasteiger partial charge in [-0.15, -0.1) is 11.8 Å². The summed E-state index contributed by atoms with van der Waals surface area (Å²) in [5.74, 6) is -0.212. The Morgan fingerprint density at radius 3 is 2.34 bits per heavy atom. The lowest BCUT2D eigenvalue weighted by atomic mass is 10.1. The first kappa shape index (κ1) is 24.7. The van der Waals surface area contributed by atoms with Gasteiger partial charge in [-0.25, -0.2) is 9.36 Å². The molecular formula is C27H31N5O2S. The number of thioether (sulfide) groups is 1. The van der Waals surface area contributed by atoms with Crippen LogP contribution < -0.4 is 10.9 Å². The minimum absolute atomic E-state index is 0.212. The molecule has 2 aromatic carbocycles. The average molecular weight is 490 g/mol. The zero-order valence-corrected chi connectivity index (χ0v) is 21.6. The number of amides is 1. The number of aryl methyl sites for hydroxylation is 3. The van der Waals surface area contributed by atoms with E-state index < -0.39 is 6.04 Å². The summed E-state index contributed by atoms with van der Waals surface area (Å²) in [6, 6.07) is 15.6. The van der Waals surface area contributed by atoms with Crippen LogP contribution in [0.15, 0.2) is 58.2 Å². The molecule has 0 aliphatic carbocycles. The number of carbonyl (C=O) groups is 1. The molecular weight excluding hydrogens is 458 g/mol. The molecule has 2 aromatic heterocycles. The van der Waals surface area contributed by atoms with Crippen molar-refractivity contribution >= 4 is 28.6 Å². The third-order valence-electron chi connectivity index (χ3n) is 6.28. The van der Waals surface area contributed by atoms with Crippen LogP contribution in [0.4, 0.5) is 0 Å². The van der Waals surface area contributed by atoms with E-state index in [4.69, 9.17) is 0 Å². The predicted molar refractivity (Wildman–Crippen MR) is 142 cm³/mol. The van der Waals surface area contributed by atoms with Gasteiger partial charge < -0.3 is 5.32 Å². The van der Waals surface area contributed by atoms with Crippen molar-refractivity contribution < 1.29 is 4.79 Å². The Hall–Kier alpha value is -3.39. The van der Waals surface area contributed by atoms with Crippen molar-refractivity contribution in [3.05, 3.63) is 81.4 Å². The highest BCUT2D eigenvalue weighted by Gasteiger charge is 2.25. The Kier molecular flexibility index (Phi) is 7.40.